The van der Waals surface area contributed by atoms with Crippen molar-refractivity contribution in [2.24, 2.45) is 0 Å². The van der Waals surface area contributed by atoms with E-state index in [1.807, 2.05) is 12.1 Å². The first-order valence-corrected chi connectivity index (χ1v) is 8.12. The molecule has 3 aromatic rings. The lowest BCUT2D eigenvalue weighted by atomic mass is 10.2. The third-order valence-electron chi connectivity index (χ3n) is 3.11. The largest absolute Gasteiger partial charge is 0.305 e. The molecule has 0 aliphatic heterocycles. The number of nitrogens with one attached hydrogen (secondary N) is 1. The number of pyridine rings is 1. The maximum atomic E-state index is 13.6. The van der Waals surface area contributed by atoms with Gasteiger partial charge in [0.25, 0.3) is 5.91 Å². The van der Waals surface area contributed by atoms with Gasteiger partial charge < -0.3 is 5.32 Å². The first kappa shape index (κ1) is 16.1. The predicted octanol–water partition coefficient (Wildman–Crippen LogP) is 3.56. The first-order chi connectivity index (χ1) is 11.7. The number of carbonyl (C=O) groups is 1. The van der Waals surface area contributed by atoms with E-state index in [1.165, 1.54) is 30.0 Å². The van der Waals surface area contributed by atoms with E-state index in [1.54, 1.807) is 30.6 Å². The van der Waals surface area contributed by atoms with Gasteiger partial charge in [0.15, 0.2) is 5.82 Å². The maximum Gasteiger partial charge on any atom is 0.259 e. The molecule has 0 unspecified atom stereocenters. The summed E-state index contributed by atoms with van der Waals surface area (Å²) in [5.74, 6) is -0.137. The lowest BCUT2D eigenvalue weighted by Gasteiger charge is -2.05. The fourth-order valence-corrected chi connectivity index (χ4v) is 2.68. The van der Waals surface area contributed by atoms with Crippen LogP contribution in [0.25, 0.3) is 0 Å². The van der Waals surface area contributed by atoms with Crippen molar-refractivity contribution in [3.63, 3.8) is 0 Å². The first-order valence-electron chi connectivity index (χ1n) is 7.14. The van der Waals surface area contributed by atoms with Gasteiger partial charge in [-0.3, -0.25) is 9.78 Å². The highest BCUT2D eigenvalue weighted by molar-refractivity contribution is 7.98. The van der Waals surface area contributed by atoms with Crippen molar-refractivity contribution in [1.29, 1.82) is 0 Å². The van der Waals surface area contributed by atoms with Crippen molar-refractivity contribution in [3.05, 3.63) is 77.9 Å². The Bertz CT molecular complexity index is 828. The number of amides is 1. The summed E-state index contributed by atoms with van der Waals surface area (Å²) in [6, 6.07) is 13.0. The SMILES string of the molecule is O=C(Nc1ccc(SCc2cccnc2)nn1)c1ccccc1F. The quantitative estimate of drug-likeness (QED) is 0.719. The molecule has 0 fully saturated rings. The van der Waals surface area contributed by atoms with Crippen LogP contribution in [-0.2, 0) is 5.75 Å². The normalized spacial score (nSPS) is 10.4. The third-order valence-corrected chi connectivity index (χ3v) is 4.10. The van der Waals surface area contributed by atoms with Crippen LogP contribution < -0.4 is 5.32 Å². The highest BCUT2D eigenvalue weighted by atomic mass is 32.2. The smallest absolute Gasteiger partial charge is 0.259 e. The van der Waals surface area contributed by atoms with Crippen LogP contribution in [0.1, 0.15) is 15.9 Å². The van der Waals surface area contributed by atoms with E-state index in [9.17, 15) is 9.18 Å². The summed E-state index contributed by atoms with van der Waals surface area (Å²) in [7, 11) is 0. The standard InChI is InChI=1S/C17H13FN4OS/c18-14-6-2-1-5-13(14)17(23)20-15-7-8-16(22-21-15)24-11-12-4-3-9-19-10-12/h1-10H,11H2,(H,20,21,23). The lowest BCUT2D eigenvalue weighted by molar-refractivity contribution is 0.102. The Morgan fingerprint density at radius 3 is 2.67 bits per heavy atom. The second-order valence-electron chi connectivity index (χ2n) is 4.84. The Hall–Kier alpha value is -2.80. The van der Waals surface area contributed by atoms with Crippen molar-refractivity contribution < 1.29 is 9.18 Å². The van der Waals surface area contributed by atoms with Crippen molar-refractivity contribution in [3.8, 4) is 0 Å². The van der Waals surface area contributed by atoms with Crippen LogP contribution in [0.15, 0.2) is 66.0 Å². The number of halogens is 1. The summed E-state index contributed by atoms with van der Waals surface area (Å²) < 4.78 is 13.6. The number of hydrogen-bond acceptors (Lipinski definition) is 5. The van der Waals surface area contributed by atoms with Crippen LogP contribution >= 0.6 is 11.8 Å². The molecule has 5 nitrogen and oxygen atoms in total. The van der Waals surface area contributed by atoms with Gasteiger partial charge >= 0.3 is 0 Å². The monoisotopic (exact) mass is 340 g/mol. The Balaban J connectivity index is 1.60. The van der Waals surface area contributed by atoms with E-state index < -0.39 is 11.7 Å². The molecule has 2 aromatic heterocycles. The molecule has 0 saturated heterocycles. The molecule has 7 heteroatoms. The summed E-state index contributed by atoms with van der Waals surface area (Å²) >= 11 is 1.51. The van der Waals surface area contributed by atoms with E-state index in [4.69, 9.17) is 0 Å². The number of anilines is 1. The molecule has 0 spiro atoms. The molecule has 1 aromatic carbocycles. The number of aromatic nitrogens is 3. The molecule has 0 atom stereocenters. The van der Waals surface area contributed by atoms with Gasteiger partial charge in [0.05, 0.1) is 5.56 Å². The summed E-state index contributed by atoms with van der Waals surface area (Å²) in [6.45, 7) is 0. The molecule has 0 radical (unpaired) electrons. The second-order valence-corrected chi connectivity index (χ2v) is 5.84. The Morgan fingerprint density at radius 2 is 1.96 bits per heavy atom. The average Bonchev–Trinajstić information content (AvgIpc) is 2.62. The number of carbonyl (C=O) groups excluding carboxylic acids is 1. The molecule has 0 aliphatic rings. The minimum Gasteiger partial charge on any atom is -0.305 e. The summed E-state index contributed by atoms with van der Waals surface area (Å²) in [6.07, 6.45) is 3.52. The van der Waals surface area contributed by atoms with Gasteiger partial charge in [-0.25, -0.2) is 4.39 Å². The summed E-state index contributed by atoms with van der Waals surface area (Å²) in [5, 5.41) is 11.2. The number of benzene rings is 1. The maximum absolute atomic E-state index is 13.6. The topological polar surface area (TPSA) is 67.8 Å². The number of nitrogens with zero attached hydrogens (tertiary/aromatic N) is 3. The average molecular weight is 340 g/mol. The van der Waals surface area contributed by atoms with Gasteiger partial charge in [0.2, 0.25) is 0 Å². The fourth-order valence-electron chi connectivity index (χ4n) is 1.93. The van der Waals surface area contributed by atoms with Gasteiger partial charge in [-0.1, -0.05) is 30.0 Å². The molecule has 2 heterocycles. The van der Waals surface area contributed by atoms with Gasteiger partial charge in [0.1, 0.15) is 10.8 Å². The van der Waals surface area contributed by atoms with E-state index in [2.05, 4.69) is 20.5 Å². The number of thioether (sulfide) groups is 1. The molecule has 24 heavy (non-hydrogen) atoms. The zero-order valence-corrected chi connectivity index (χ0v) is 13.3. The van der Waals surface area contributed by atoms with E-state index >= 15 is 0 Å². The van der Waals surface area contributed by atoms with E-state index in [-0.39, 0.29) is 11.4 Å². The van der Waals surface area contributed by atoms with E-state index in [0.29, 0.717) is 0 Å². The van der Waals surface area contributed by atoms with Gasteiger partial charge in [-0.2, -0.15) is 0 Å². The van der Waals surface area contributed by atoms with Gasteiger partial charge in [-0.05, 0) is 35.9 Å². The second kappa shape index (κ2) is 7.65. The zero-order valence-electron chi connectivity index (χ0n) is 12.5. The Labute approximate surface area is 142 Å². The molecular weight excluding hydrogens is 327 g/mol. The van der Waals surface area contributed by atoms with Crippen LogP contribution in [0.2, 0.25) is 0 Å². The van der Waals surface area contributed by atoms with Crippen molar-refractivity contribution in [1.82, 2.24) is 15.2 Å². The van der Waals surface area contributed by atoms with Gasteiger partial charge in [-0.15, -0.1) is 10.2 Å². The van der Waals surface area contributed by atoms with Crippen LogP contribution in [0.3, 0.4) is 0 Å². The highest BCUT2D eigenvalue weighted by Crippen LogP contribution is 2.20. The van der Waals surface area contributed by atoms with Gasteiger partial charge in [0, 0.05) is 18.1 Å². The minimum absolute atomic E-state index is 0.0330. The molecule has 0 saturated carbocycles. The lowest BCUT2D eigenvalue weighted by Crippen LogP contribution is -2.14. The highest BCUT2D eigenvalue weighted by Gasteiger charge is 2.11. The summed E-state index contributed by atoms with van der Waals surface area (Å²) in [4.78, 5) is 16.1. The summed E-state index contributed by atoms with van der Waals surface area (Å²) in [5.41, 5.74) is 1.05. The van der Waals surface area contributed by atoms with E-state index in [0.717, 1.165) is 16.3 Å². The predicted molar refractivity (Wildman–Crippen MR) is 90.2 cm³/mol. The van der Waals surface area contributed by atoms with Crippen molar-refractivity contribution >= 4 is 23.5 Å². The number of rotatable bonds is 5. The molecule has 1 N–H and O–H groups in total. The van der Waals surface area contributed by atoms with Crippen LogP contribution in [0.4, 0.5) is 10.2 Å². The Morgan fingerprint density at radius 1 is 1.08 bits per heavy atom. The molecule has 120 valence electrons. The molecular formula is C17H13FN4OS. The number of hydrogen-bond donors (Lipinski definition) is 1. The third kappa shape index (κ3) is 4.14. The van der Waals surface area contributed by atoms with Crippen molar-refractivity contribution in [2.45, 2.75) is 10.8 Å². The Kier molecular flexibility index (Phi) is 5.12. The minimum atomic E-state index is -0.577. The fraction of sp³-hybridized carbons (Fsp3) is 0.0588. The molecule has 1 amide bonds. The molecule has 0 bridgehead atoms. The molecule has 3 rings (SSSR count). The van der Waals surface area contributed by atoms with Crippen molar-refractivity contribution in [2.75, 3.05) is 5.32 Å². The zero-order chi connectivity index (χ0) is 16.8. The van der Waals surface area contributed by atoms with Crippen LogP contribution in [0, 0.1) is 5.82 Å². The van der Waals surface area contributed by atoms with Crippen LogP contribution in [-0.4, -0.2) is 21.1 Å². The molecule has 0 aliphatic carbocycles. The van der Waals surface area contributed by atoms with Crippen LogP contribution in [0.5, 0.6) is 0 Å².